The number of pyridine rings is 1. The molecule has 0 aromatic carbocycles. The Hall–Kier alpha value is -0.900. The predicted molar refractivity (Wildman–Crippen MR) is 102 cm³/mol. The number of morpholine rings is 1. The number of hydrogen-bond donors (Lipinski definition) is 0. The molecule has 2 fully saturated rings. The van der Waals surface area contributed by atoms with Crippen molar-refractivity contribution < 1.29 is 13.2 Å². The summed E-state index contributed by atoms with van der Waals surface area (Å²) in [5.74, 6) is 0.782. The summed E-state index contributed by atoms with van der Waals surface area (Å²) in [7, 11) is -3.50. The van der Waals surface area contributed by atoms with E-state index in [9.17, 15) is 8.42 Å². The third-order valence-electron chi connectivity index (χ3n) is 4.52. The van der Waals surface area contributed by atoms with Crippen LogP contribution in [0.4, 0.5) is 5.82 Å². The monoisotopic (exact) mass is 420 g/mol. The highest BCUT2D eigenvalue weighted by Crippen LogP contribution is 2.20. The van der Waals surface area contributed by atoms with E-state index >= 15 is 0 Å². The van der Waals surface area contributed by atoms with E-state index in [-0.39, 0.29) is 4.90 Å². The lowest BCUT2D eigenvalue weighted by Crippen LogP contribution is -2.47. The van der Waals surface area contributed by atoms with Crippen LogP contribution in [0.15, 0.2) is 33.8 Å². The van der Waals surface area contributed by atoms with Gasteiger partial charge in [-0.3, -0.25) is 4.90 Å². The van der Waals surface area contributed by atoms with Crippen LogP contribution in [-0.4, -0.2) is 81.6 Å². The zero-order chi connectivity index (χ0) is 18.6. The van der Waals surface area contributed by atoms with Gasteiger partial charge in [-0.1, -0.05) is 23.2 Å². The van der Waals surface area contributed by atoms with Crippen molar-refractivity contribution in [3.8, 4) is 0 Å². The third kappa shape index (κ3) is 4.68. The molecule has 1 aromatic heterocycles. The first kappa shape index (κ1) is 19.9. The van der Waals surface area contributed by atoms with Crippen LogP contribution in [0.25, 0.3) is 0 Å². The quantitative estimate of drug-likeness (QED) is 0.719. The van der Waals surface area contributed by atoms with Gasteiger partial charge in [0.15, 0.2) is 0 Å². The Morgan fingerprint density at radius 1 is 1.15 bits per heavy atom. The molecule has 10 heteroatoms. The van der Waals surface area contributed by atoms with Crippen molar-refractivity contribution in [1.29, 1.82) is 0 Å². The molecule has 1 aromatic rings. The molecule has 2 saturated heterocycles. The van der Waals surface area contributed by atoms with Crippen LogP contribution < -0.4 is 4.90 Å². The fraction of sp³-hybridized carbons (Fsp3) is 0.562. The zero-order valence-corrected chi connectivity index (χ0v) is 16.7. The second-order valence-corrected chi connectivity index (χ2v) is 8.83. The number of piperazine rings is 1. The van der Waals surface area contributed by atoms with Crippen molar-refractivity contribution in [3.63, 3.8) is 0 Å². The molecule has 144 valence electrons. The van der Waals surface area contributed by atoms with Crippen LogP contribution in [0.3, 0.4) is 0 Å². The molecule has 0 saturated carbocycles. The van der Waals surface area contributed by atoms with Gasteiger partial charge in [-0.05, 0) is 12.1 Å². The van der Waals surface area contributed by atoms with E-state index in [1.165, 1.54) is 16.0 Å². The van der Waals surface area contributed by atoms with Gasteiger partial charge < -0.3 is 9.64 Å². The van der Waals surface area contributed by atoms with Crippen molar-refractivity contribution in [2.45, 2.75) is 4.90 Å². The SMILES string of the molecule is O=S(=O)(c1ccc(N2CCN(C/C(Cl)=C/Cl)CC2)nc1)N1CCOCC1. The fourth-order valence-corrected chi connectivity index (χ4v) is 4.62. The Bertz CT molecular complexity index is 728. The van der Waals surface area contributed by atoms with E-state index in [1.54, 1.807) is 12.1 Å². The topological polar surface area (TPSA) is 66.0 Å². The molecule has 3 heterocycles. The van der Waals surface area contributed by atoms with Gasteiger partial charge in [0.2, 0.25) is 10.0 Å². The molecular formula is C16H22Cl2N4O3S. The number of sulfonamides is 1. The van der Waals surface area contributed by atoms with E-state index in [0.29, 0.717) is 37.9 Å². The molecule has 0 bridgehead atoms. The summed E-state index contributed by atoms with van der Waals surface area (Å²) in [4.78, 5) is 8.96. The van der Waals surface area contributed by atoms with Crippen LogP contribution in [-0.2, 0) is 14.8 Å². The van der Waals surface area contributed by atoms with Crippen LogP contribution in [0.2, 0.25) is 0 Å². The van der Waals surface area contributed by atoms with Crippen molar-refractivity contribution in [1.82, 2.24) is 14.2 Å². The van der Waals surface area contributed by atoms with Gasteiger partial charge >= 0.3 is 0 Å². The molecule has 0 spiro atoms. The van der Waals surface area contributed by atoms with Crippen molar-refractivity contribution in [3.05, 3.63) is 28.9 Å². The first-order valence-corrected chi connectivity index (χ1v) is 10.7. The maximum Gasteiger partial charge on any atom is 0.244 e. The summed E-state index contributed by atoms with van der Waals surface area (Å²) >= 11 is 11.6. The van der Waals surface area contributed by atoms with Gasteiger partial charge in [-0.15, -0.1) is 0 Å². The highest BCUT2D eigenvalue weighted by Gasteiger charge is 2.27. The molecule has 0 aliphatic carbocycles. The largest absolute Gasteiger partial charge is 0.379 e. The third-order valence-corrected chi connectivity index (χ3v) is 7.00. The second kappa shape index (κ2) is 8.86. The molecule has 2 aliphatic heterocycles. The molecule has 3 rings (SSSR count). The number of rotatable bonds is 5. The lowest BCUT2D eigenvalue weighted by atomic mass is 10.3. The van der Waals surface area contributed by atoms with Gasteiger partial charge in [-0.25, -0.2) is 13.4 Å². The number of anilines is 1. The van der Waals surface area contributed by atoms with Crippen molar-refractivity contribution >= 4 is 39.0 Å². The molecule has 0 radical (unpaired) electrons. The van der Waals surface area contributed by atoms with E-state index in [1.807, 2.05) is 0 Å². The summed E-state index contributed by atoms with van der Waals surface area (Å²) in [6.07, 6.45) is 1.44. The number of hydrogen-bond acceptors (Lipinski definition) is 6. The van der Waals surface area contributed by atoms with Crippen molar-refractivity contribution in [2.24, 2.45) is 0 Å². The predicted octanol–water partition coefficient (Wildman–Crippen LogP) is 1.54. The van der Waals surface area contributed by atoms with Crippen LogP contribution in [0, 0.1) is 0 Å². The number of aromatic nitrogens is 1. The van der Waals surface area contributed by atoms with Gasteiger partial charge in [0, 0.05) is 62.6 Å². The second-order valence-electron chi connectivity index (χ2n) is 6.19. The van der Waals surface area contributed by atoms with E-state index < -0.39 is 10.0 Å². The van der Waals surface area contributed by atoms with Gasteiger partial charge in [0.05, 0.1) is 13.2 Å². The summed E-state index contributed by atoms with van der Waals surface area (Å²) in [6.45, 7) is 5.55. The average Bonchev–Trinajstić information content (AvgIpc) is 2.69. The molecule has 0 N–H and O–H groups in total. The Labute approximate surface area is 164 Å². The number of ether oxygens (including phenoxy) is 1. The molecular weight excluding hydrogens is 399 g/mol. The zero-order valence-electron chi connectivity index (χ0n) is 14.4. The standard InChI is InChI=1S/C16H22Cl2N4O3S/c17-11-14(18)13-20-3-5-21(6-4-20)16-2-1-15(12-19-16)26(23,24)22-7-9-25-10-8-22/h1-2,11-12H,3-10,13H2/b14-11-. The normalized spacial score (nSPS) is 21.2. The van der Waals surface area contributed by atoms with Crippen LogP contribution in [0.5, 0.6) is 0 Å². The molecule has 0 amide bonds. The van der Waals surface area contributed by atoms with Gasteiger partial charge in [0.1, 0.15) is 10.7 Å². The summed E-state index contributed by atoms with van der Waals surface area (Å²) in [5, 5.41) is 0.621. The Morgan fingerprint density at radius 3 is 2.42 bits per heavy atom. The summed E-state index contributed by atoms with van der Waals surface area (Å²) in [6, 6.07) is 3.40. The lowest BCUT2D eigenvalue weighted by molar-refractivity contribution is 0.0730. The smallest absolute Gasteiger partial charge is 0.244 e. The fourth-order valence-electron chi connectivity index (χ4n) is 3.03. The molecule has 7 nitrogen and oxygen atoms in total. The first-order valence-electron chi connectivity index (χ1n) is 8.47. The minimum atomic E-state index is -3.50. The highest BCUT2D eigenvalue weighted by molar-refractivity contribution is 7.89. The molecule has 2 aliphatic rings. The molecule has 0 atom stereocenters. The minimum absolute atomic E-state index is 0.223. The molecule has 0 unspecified atom stereocenters. The van der Waals surface area contributed by atoms with Crippen LogP contribution >= 0.6 is 23.2 Å². The maximum atomic E-state index is 12.6. The minimum Gasteiger partial charge on any atom is -0.379 e. The lowest BCUT2D eigenvalue weighted by Gasteiger charge is -2.35. The Balaban J connectivity index is 1.61. The van der Waals surface area contributed by atoms with E-state index in [0.717, 1.165) is 32.0 Å². The number of nitrogens with zero attached hydrogens (tertiary/aromatic N) is 4. The number of halogens is 2. The van der Waals surface area contributed by atoms with E-state index in [4.69, 9.17) is 27.9 Å². The first-order chi connectivity index (χ1) is 12.5. The Morgan fingerprint density at radius 2 is 1.85 bits per heavy atom. The van der Waals surface area contributed by atoms with Crippen molar-refractivity contribution in [2.75, 3.05) is 63.9 Å². The maximum absolute atomic E-state index is 12.6. The van der Waals surface area contributed by atoms with Gasteiger partial charge in [-0.2, -0.15) is 4.31 Å². The molecule has 26 heavy (non-hydrogen) atoms. The summed E-state index contributed by atoms with van der Waals surface area (Å²) < 4.78 is 31.9. The van der Waals surface area contributed by atoms with E-state index in [2.05, 4.69) is 14.8 Å². The summed E-state index contributed by atoms with van der Waals surface area (Å²) in [5.41, 5.74) is 1.39. The van der Waals surface area contributed by atoms with Gasteiger partial charge in [0.25, 0.3) is 0 Å². The van der Waals surface area contributed by atoms with Crippen LogP contribution in [0.1, 0.15) is 0 Å². The highest BCUT2D eigenvalue weighted by atomic mass is 35.5. The Kier molecular flexibility index (Phi) is 6.76. The average molecular weight is 421 g/mol.